The first-order valence-corrected chi connectivity index (χ1v) is 6.62. The smallest absolute Gasteiger partial charge is 0.303 e. The van der Waals surface area contributed by atoms with Gasteiger partial charge >= 0.3 is 5.97 Å². The number of carboxylic acid groups (broad SMARTS) is 1. The number of aryl methyl sites for hydroxylation is 1. The van der Waals surface area contributed by atoms with Gasteiger partial charge in [-0.05, 0) is 25.9 Å². The molecule has 0 aliphatic carbocycles. The molecule has 0 unspecified atom stereocenters. The second-order valence-electron chi connectivity index (χ2n) is 4.77. The number of aromatic nitrogens is 1. The first-order valence-electron chi connectivity index (χ1n) is 6.62. The molecule has 1 aromatic rings. The fraction of sp³-hybridized carbons (Fsp3) is 0.692. The van der Waals surface area contributed by atoms with Gasteiger partial charge in [-0.1, -0.05) is 6.42 Å². The lowest BCUT2D eigenvalue weighted by atomic mass is 10.1. The zero-order valence-electron chi connectivity index (χ0n) is 10.6. The van der Waals surface area contributed by atoms with Gasteiger partial charge in [0.15, 0.2) is 5.89 Å². The Balaban J connectivity index is 1.73. The first kappa shape index (κ1) is 13.1. The first-order chi connectivity index (χ1) is 8.74. The van der Waals surface area contributed by atoms with Crippen molar-refractivity contribution in [3.63, 3.8) is 0 Å². The van der Waals surface area contributed by atoms with E-state index in [1.54, 1.807) is 6.20 Å². The Hall–Kier alpha value is -1.36. The van der Waals surface area contributed by atoms with Gasteiger partial charge in [0.2, 0.25) is 0 Å². The van der Waals surface area contributed by atoms with Gasteiger partial charge in [0.05, 0.1) is 12.6 Å². The predicted octanol–water partition coefficient (Wildman–Crippen LogP) is 1.72. The third-order valence-electron chi connectivity index (χ3n) is 3.28. The predicted molar refractivity (Wildman–Crippen MR) is 66.5 cm³/mol. The van der Waals surface area contributed by atoms with Crippen molar-refractivity contribution in [1.29, 1.82) is 0 Å². The number of rotatable bonds is 6. The molecule has 0 spiro atoms. The van der Waals surface area contributed by atoms with Gasteiger partial charge in [0.25, 0.3) is 0 Å². The molecule has 1 aromatic heterocycles. The number of nitrogens with zero attached hydrogens (tertiary/aromatic N) is 2. The van der Waals surface area contributed by atoms with Crippen LogP contribution in [0.3, 0.4) is 0 Å². The molecule has 100 valence electrons. The van der Waals surface area contributed by atoms with Gasteiger partial charge in [-0.25, -0.2) is 4.98 Å². The van der Waals surface area contributed by atoms with E-state index in [-0.39, 0.29) is 6.42 Å². The summed E-state index contributed by atoms with van der Waals surface area (Å²) in [6.07, 6.45) is 6.90. The molecule has 2 heterocycles. The molecule has 2 rings (SSSR count). The van der Waals surface area contributed by atoms with Crippen LogP contribution >= 0.6 is 0 Å². The minimum absolute atomic E-state index is 0.0980. The highest BCUT2D eigenvalue weighted by Crippen LogP contribution is 2.11. The Morgan fingerprint density at radius 2 is 2.11 bits per heavy atom. The number of likely N-dealkylation sites (tertiary alicyclic amines) is 1. The SMILES string of the molecule is O=C(O)CCc1cnc(CCN2CCCCC2)o1. The van der Waals surface area contributed by atoms with Crippen LogP contribution in [0.25, 0.3) is 0 Å². The van der Waals surface area contributed by atoms with Gasteiger partial charge in [-0.2, -0.15) is 0 Å². The maximum absolute atomic E-state index is 10.4. The summed E-state index contributed by atoms with van der Waals surface area (Å²) in [7, 11) is 0. The maximum atomic E-state index is 10.4. The fourth-order valence-corrected chi connectivity index (χ4v) is 2.25. The van der Waals surface area contributed by atoms with Crippen LogP contribution in [0, 0.1) is 0 Å². The van der Waals surface area contributed by atoms with Crippen molar-refractivity contribution in [1.82, 2.24) is 9.88 Å². The van der Waals surface area contributed by atoms with Crippen molar-refractivity contribution >= 4 is 5.97 Å². The van der Waals surface area contributed by atoms with E-state index in [1.807, 2.05) is 0 Å². The van der Waals surface area contributed by atoms with E-state index in [0.717, 1.165) is 18.9 Å². The highest BCUT2D eigenvalue weighted by molar-refractivity contribution is 5.66. The lowest BCUT2D eigenvalue weighted by Crippen LogP contribution is -2.31. The Morgan fingerprint density at radius 1 is 1.33 bits per heavy atom. The van der Waals surface area contributed by atoms with Gasteiger partial charge in [-0.3, -0.25) is 4.79 Å². The van der Waals surface area contributed by atoms with E-state index in [2.05, 4.69) is 9.88 Å². The molecule has 0 amide bonds. The summed E-state index contributed by atoms with van der Waals surface area (Å²) in [5, 5.41) is 8.59. The average Bonchev–Trinajstić information content (AvgIpc) is 2.83. The lowest BCUT2D eigenvalue weighted by molar-refractivity contribution is -0.137. The van der Waals surface area contributed by atoms with E-state index in [4.69, 9.17) is 9.52 Å². The minimum Gasteiger partial charge on any atom is -0.481 e. The fourth-order valence-electron chi connectivity index (χ4n) is 2.25. The van der Waals surface area contributed by atoms with E-state index < -0.39 is 5.97 Å². The summed E-state index contributed by atoms with van der Waals surface area (Å²) in [5.41, 5.74) is 0. The van der Waals surface area contributed by atoms with Crippen LogP contribution in [0.4, 0.5) is 0 Å². The highest BCUT2D eigenvalue weighted by atomic mass is 16.4. The van der Waals surface area contributed by atoms with Gasteiger partial charge in [0, 0.05) is 19.4 Å². The van der Waals surface area contributed by atoms with E-state index in [9.17, 15) is 4.79 Å². The molecular formula is C13H20N2O3. The summed E-state index contributed by atoms with van der Waals surface area (Å²) in [6.45, 7) is 3.33. The van der Waals surface area contributed by atoms with E-state index in [1.165, 1.54) is 32.4 Å². The average molecular weight is 252 g/mol. The molecule has 0 saturated carbocycles. The van der Waals surface area contributed by atoms with Crippen molar-refractivity contribution in [3.8, 4) is 0 Å². The maximum Gasteiger partial charge on any atom is 0.303 e. The normalized spacial score (nSPS) is 16.9. The molecule has 0 radical (unpaired) electrons. The topological polar surface area (TPSA) is 66.6 Å². The minimum atomic E-state index is -0.804. The van der Waals surface area contributed by atoms with Gasteiger partial charge < -0.3 is 14.4 Å². The van der Waals surface area contributed by atoms with Crippen LogP contribution in [0.5, 0.6) is 0 Å². The van der Waals surface area contributed by atoms with Crippen LogP contribution < -0.4 is 0 Å². The monoisotopic (exact) mass is 252 g/mol. The van der Waals surface area contributed by atoms with Crippen LogP contribution in [0.15, 0.2) is 10.6 Å². The van der Waals surface area contributed by atoms with Gasteiger partial charge in [0.1, 0.15) is 5.76 Å². The molecule has 18 heavy (non-hydrogen) atoms. The second kappa shape index (κ2) is 6.54. The number of hydrogen-bond acceptors (Lipinski definition) is 4. The van der Waals surface area contributed by atoms with Crippen molar-refractivity contribution < 1.29 is 14.3 Å². The van der Waals surface area contributed by atoms with Crippen molar-refractivity contribution in [2.45, 2.75) is 38.5 Å². The largest absolute Gasteiger partial charge is 0.481 e. The highest BCUT2D eigenvalue weighted by Gasteiger charge is 2.12. The molecule has 1 saturated heterocycles. The van der Waals surface area contributed by atoms with Crippen LogP contribution in [0.1, 0.15) is 37.3 Å². The number of carbonyl (C=O) groups is 1. The summed E-state index contributed by atoms with van der Waals surface area (Å²) in [6, 6.07) is 0. The molecule has 0 aromatic carbocycles. The Kier molecular flexibility index (Phi) is 4.75. The molecular weight excluding hydrogens is 232 g/mol. The third-order valence-corrected chi connectivity index (χ3v) is 3.28. The lowest BCUT2D eigenvalue weighted by Gasteiger charge is -2.25. The molecule has 0 atom stereocenters. The van der Waals surface area contributed by atoms with Crippen LogP contribution in [-0.4, -0.2) is 40.6 Å². The van der Waals surface area contributed by atoms with Crippen LogP contribution in [-0.2, 0) is 17.6 Å². The molecule has 0 bridgehead atoms. The molecule has 5 heteroatoms. The van der Waals surface area contributed by atoms with E-state index in [0.29, 0.717) is 12.2 Å². The number of hydrogen-bond donors (Lipinski definition) is 1. The van der Waals surface area contributed by atoms with Gasteiger partial charge in [-0.15, -0.1) is 0 Å². The number of piperidine rings is 1. The summed E-state index contributed by atoms with van der Waals surface area (Å²) >= 11 is 0. The number of oxazole rings is 1. The number of aliphatic carboxylic acids is 1. The zero-order valence-corrected chi connectivity index (χ0v) is 10.6. The zero-order chi connectivity index (χ0) is 12.8. The van der Waals surface area contributed by atoms with E-state index >= 15 is 0 Å². The number of carboxylic acids is 1. The molecule has 1 aliphatic rings. The Bertz CT molecular complexity index is 383. The van der Waals surface area contributed by atoms with Crippen molar-refractivity contribution in [2.24, 2.45) is 0 Å². The quantitative estimate of drug-likeness (QED) is 0.835. The third kappa shape index (κ3) is 4.14. The molecule has 1 aliphatic heterocycles. The van der Waals surface area contributed by atoms with Crippen molar-refractivity contribution in [3.05, 3.63) is 17.8 Å². The summed E-state index contributed by atoms with van der Waals surface area (Å²) in [4.78, 5) is 17.1. The Labute approximate surface area is 107 Å². The van der Waals surface area contributed by atoms with Crippen LogP contribution in [0.2, 0.25) is 0 Å². The summed E-state index contributed by atoms with van der Waals surface area (Å²) < 4.78 is 5.52. The Morgan fingerprint density at radius 3 is 2.83 bits per heavy atom. The summed E-state index contributed by atoms with van der Waals surface area (Å²) in [5.74, 6) is 0.591. The second-order valence-corrected chi connectivity index (χ2v) is 4.77. The molecule has 5 nitrogen and oxygen atoms in total. The molecule has 1 fully saturated rings. The molecule has 1 N–H and O–H groups in total. The van der Waals surface area contributed by atoms with Crippen molar-refractivity contribution in [2.75, 3.05) is 19.6 Å². The standard InChI is InChI=1S/C13H20N2O3/c16-13(17)5-4-11-10-14-12(18-11)6-9-15-7-2-1-3-8-15/h10H,1-9H2,(H,16,17).